The summed E-state index contributed by atoms with van der Waals surface area (Å²) in [5.41, 5.74) is 8.35. The predicted octanol–water partition coefficient (Wildman–Crippen LogP) is 2.04. The molecule has 2 rings (SSSR count). The summed E-state index contributed by atoms with van der Waals surface area (Å²) >= 11 is 0. The highest BCUT2D eigenvalue weighted by molar-refractivity contribution is 5.53. The van der Waals surface area contributed by atoms with E-state index >= 15 is 0 Å². The third kappa shape index (κ3) is 2.72. The van der Waals surface area contributed by atoms with E-state index in [9.17, 15) is 0 Å². The standard InChI is InChI=1S/C14H22N2O/c1-3-11(9-15)10-16(2)13-4-5-14-12(8-13)6-7-17-14/h4-5,8,11H,3,6-7,9-10,15H2,1-2H3. The molecule has 0 fully saturated rings. The van der Waals surface area contributed by atoms with Crippen molar-refractivity contribution in [1.82, 2.24) is 0 Å². The van der Waals surface area contributed by atoms with Gasteiger partial charge < -0.3 is 15.4 Å². The Kier molecular flexibility index (Phi) is 3.89. The molecule has 1 unspecified atom stereocenters. The number of benzene rings is 1. The number of rotatable bonds is 5. The lowest BCUT2D eigenvalue weighted by atomic mass is 10.1. The fraction of sp³-hybridized carbons (Fsp3) is 0.571. The molecule has 0 amide bonds. The van der Waals surface area contributed by atoms with Crippen LogP contribution in [0.5, 0.6) is 5.75 Å². The van der Waals surface area contributed by atoms with E-state index in [0.717, 1.165) is 38.3 Å². The molecule has 0 bridgehead atoms. The second-order valence-electron chi connectivity index (χ2n) is 4.78. The van der Waals surface area contributed by atoms with Crippen LogP contribution in [0.2, 0.25) is 0 Å². The van der Waals surface area contributed by atoms with Gasteiger partial charge in [0.05, 0.1) is 6.61 Å². The zero-order valence-electron chi connectivity index (χ0n) is 10.8. The molecule has 0 aliphatic carbocycles. The Morgan fingerprint density at radius 2 is 2.29 bits per heavy atom. The fourth-order valence-corrected chi connectivity index (χ4v) is 2.27. The van der Waals surface area contributed by atoms with Gasteiger partial charge in [0, 0.05) is 25.7 Å². The Morgan fingerprint density at radius 1 is 1.47 bits per heavy atom. The van der Waals surface area contributed by atoms with Gasteiger partial charge in [0.15, 0.2) is 0 Å². The molecule has 0 aromatic heterocycles. The van der Waals surface area contributed by atoms with Gasteiger partial charge in [0.25, 0.3) is 0 Å². The van der Waals surface area contributed by atoms with Crippen molar-refractivity contribution in [2.75, 3.05) is 31.6 Å². The van der Waals surface area contributed by atoms with Crippen LogP contribution in [-0.4, -0.2) is 26.7 Å². The summed E-state index contributed by atoms with van der Waals surface area (Å²) in [7, 11) is 2.13. The Bertz CT molecular complexity index is 374. The van der Waals surface area contributed by atoms with Crippen molar-refractivity contribution in [1.29, 1.82) is 0 Å². The summed E-state index contributed by atoms with van der Waals surface area (Å²) in [5, 5.41) is 0. The maximum absolute atomic E-state index is 5.75. The Hall–Kier alpha value is -1.22. The van der Waals surface area contributed by atoms with Crippen LogP contribution in [0, 0.1) is 5.92 Å². The molecule has 0 saturated heterocycles. The van der Waals surface area contributed by atoms with Gasteiger partial charge in [-0.15, -0.1) is 0 Å². The van der Waals surface area contributed by atoms with Crippen LogP contribution in [0.1, 0.15) is 18.9 Å². The highest BCUT2D eigenvalue weighted by atomic mass is 16.5. The van der Waals surface area contributed by atoms with E-state index in [2.05, 4.69) is 37.1 Å². The van der Waals surface area contributed by atoms with E-state index in [1.54, 1.807) is 0 Å². The molecule has 1 aromatic carbocycles. The average molecular weight is 234 g/mol. The summed E-state index contributed by atoms with van der Waals surface area (Å²) in [6.07, 6.45) is 2.17. The van der Waals surface area contributed by atoms with E-state index in [1.807, 2.05) is 0 Å². The molecule has 94 valence electrons. The molecule has 2 N–H and O–H groups in total. The predicted molar refractivity (Wildman–Crippen MR) is 71.7 cm³/mol. The van der Waals surface area contributed by atoms with Crippen LogP contribution in [0.25, 0.3) is 0 Å². The highest BCUT2D eigenvalue weighted by Crippen LogP contribution is 2.29. The van der Waals surface area contributed by atoms with Crippen molar-refractivity contribution in [2.45, 2.75) is 19.8 Å². The largest absolute Gasteiger partial charge is 0.493 e. The second-order valence-corrected chi connectivity index (χ2v) is 4.78. The Morgan fingerprint density at radius 3 is 3.00 bits per heavy atom. The van der Waals surface area contributed by atoms with E-state index in [4.69, 9.17) is 10.5 Å². The first-order valence-electron chi connectivity index (χ1n) is 6.41. The molecule has 1 aliphatic rings. The summed E-state index contributed by atoms with van der Waals surface area (Å²) in [4.78, 5) is 2.29. The van der Waals surface area contributed by atoms with E-state index < -0.39 is 0 Å². The number of ether oxygens (including phenoxy) is 1. The van der Waals surface area contributed by atoms with Gasteiger partial charge in [-0.3, -0.25) is 0 Å². The molecule has 3 heteroatoms. The van der Waals surface area contributed by atoms with Crippen LogP contribution < -0.4 is 15.4 Å². The second kappa shape index (κ2) is 5.41. The summed E-state index contributed by atoms with van der Waals surface area (Å²) in [5.74, 6) is 1.62. The summed E-state index contributed by atoms with van der Waals surface area (Å²) < 4.78 is 5.52. The molecule has 1 aliphatic heterocycles. The maximum Gasteiger partial charge on any atom is 0.122 e. The number of hydrogen-bond acceptors (Lipinski definition) is 3. The van der Waals surface area contributed by atoms with Crippen LogP contribution in [0.15, 0.2) is 18.2 Å². The number of fused-ring (bicyclic) bond motifs is 1. The van der Waals surface area contributed by atoms with Crippen molar-refractivity contribution in [3.63, 3.8) is 0 Å². The molecule has 0 saturated carbocycles. The number of nitrogens with two attached hydrogens (primary N) is 1. The van der Waals surface area contributed by atoms with Crippen molar-refractivity contribution < 1.29 is 4.74 Å². The minimum atomic E-state index is 0.574. The molecule has 17 heavy (non-hydrogen) atoms. The van der Waals surface area contributed by atoms with Gasteiger partial charge in [-0.25, -0.2) is 0 Å². The smallest absolute Gasteiger partial charge is 0.122 e. The molecular weight excluding hydrogens is 212 g/mol. The van der Waals surface area contributed by atoms with Gasteiger partial charge in [0.1, 0.15) is 5.75 Å². The van der Waals surface area contributed by atoms with E-state index in [0.29, 0.717) is 5.92 Å². The topological polar surface area (TPSA) is 38.5 Å². The molecule has 3 nitrogen and oxygen atoms in total. The molecule has 1 aromatic rings. The first-order valence-corrected chi connectivity index (χ1v) is 6.41. The summed E-state index contributed by atoms with van der Waals surface area (Å²) in [6, 6.07) is 6.45. The van der Waals surface area contributed by atoms with E-state index in [1.165, 1.54) is 11.3 Å². The zero-order chi connectivity index (χ0) is 12.3. The minimum Gasteiger partial charge on any atom is -0.493 e. The van der Waals surface area contributed by atoms with Crippen molar-refractivity contribution in [3.05, 3.63) is 23.8 Å². The lowest BCUT2D eigenvalue weighted by molar-refractivity contribution is 0.357. The average Bonchev–Trinajstić information content (AvgIpc) is 2.82. The van der Waals surface area contributed by atoms with Crippen LogP contribution in [0.4, 0.5) is 5.69 Å². The van der Waals surface area contributed by atoms with Crippen molar-refractivity contribution in [3.8, 4) is 5.75 Å². The summed E-state index contributed by atoms with van der Waals surface area (Å²) in [6.45, 7) is 4.80. The minimum absolute atomic E-state index is 0.574. The van der Waals surface area contributed by atoms with Gasteiger partial charge in [-0.05, 0) is 36.2 Å². The number of nitrogens with zero attached hydrogens (tertiary/aromatic N) is 1. The molecule has 0 spiro atoms. The normalized spacial score (nSPS) is 15.2. The van der Waals surface area contributed by atoms with Crippen molar-refractivity contribution in [2.24, 2.45) is 11.7 Å². The highest BCUT2D eigenvalue weighted by Gasteiger charge is 2.14. The van der Waals surface area contributed by atoms with Gasteiger partial charge in [0.2, 0.25) is 0 Å². The van der Waals surface area contributed by atoms with Crippen molar-refractivity contribution >= 4 is 5.69 Å². The molecule has 1 heterocycles. The van der Waals surface area contributed by atoms with E-state index in [-0.39, 0.29) is 0 Å². The Labute approximate surface area is 104 Å². The molecule has 0 radical (unpaired) electrons. The SMILES string of the molecule is CCC(CN)CN(C)c1ccc2c(c1)CCO2. The lowest BCUT2D eigenvalue weighted by Crippen LogP contribution is -2.29. The first kappa shape index (κ1) is 12.2. The van der Waals surface area contributed by atoms with Crippen LogP contribution >= 0.6 is 0 Å². The number of hydrogen-bond donors (Lipinski definition) is 1. The van der Waals surface area contributed by atoms with Gasteiger partial charge in [-0.1, -0.05) is 13.3 Å². The fourth-order valence-electron chi connectivity index (χ4n) is 2.27. The quantitative estimate of drug-likeness (QED) is 0.847. The third-order valence-electron chi connectivity index (χ3n) is 3.56. The van der Waals surface area contributed by atoms with Gasteiger partial charge >= 0.3 is 0 Å². The number of anilines is 1. The van der Waals surface area contributed by atoms with Crippen LogP contribution in [0.3, 0.4) is 0 Å². The first-order chi connectivity index (χ1) is 8.24. The third-order valence-corrected chi connectivity index (χ3v) is 3.56. The molecular formula is C14H22N2O. The Balaban J connectivity index is 2.06. The van der Waals surface area contributed by atoms with Crippen LogP contribution in [-0.2, 0) is 6.42 Å². The monoisotopic (exact) mass is 234 g/mol. The van der Waals surface area contributed by atoms with Gasteiger partial charge in [-0.2, -0.15) is 0 Å². The molecule has 1 atom stereocenters. The zero-order valence-corrected chi connectivity index (χ0v) is 10.8. The maximum atomic E-state index is 5.75. The lowest BCUT2D eigenvalue weighted by Gasteiger charge is -2.24.